The molecule has 1 aromatic carbocycles. The van der Waals surface area contributed by atoms with Crippen molar-refractivity contribution in [2.75, 3.05) is 4.72 Å². The van der Waals surface area contributed by atoms with Gasteiger partial charge >= 0.3 is 6.08 Å². The summed E-state index contributed by atoms with van der Waals surface area (Å²) >= 11 is 5.75. The molecular weight excluding hydrogens is 410 g/mol. The second-order valence-electron chi connectivity index (χ2n) is 5.65. The van der Waals surface area contributed by atoms with Gasteiger partial charge in [-0.3, -0.25) is 4.72 Å². The van der Waals surface area contributed by atoms with Gasteiger partial charge in [-0.05, 0) is 36.8 Å². The van der Waals surface area contributed by atoms with Gasteiger partial charge in [0.05, 0.1) is 5.02 Å². The van der Waals surface area contributed by atoms with Crippen molar-refractivity contribution in [3.05, 3.63) is 76.5 Å². The lowest BCUT2D eigenvalue weighted by Gasteiger charge is -2.10. The molecule has 3 rings (SSSR count). The molecule has 2 aromatic heterocycles. The number of sulfonamides is 1. The van der Waals surface area contributed by atoms with Crippen LogP contribution in [0.4, 0.5) is 14.6 Å². The van der Waals surface area contributed by atoms with Crippen LogP contribution >= 0.6 is 11.6 Å². The van der Waals surface area contributed by atoms with E-state index in [0.29, 0.717) is 16.8 Å². The fourth-order valence-corrected chi connectivity index (χ4v) is 3.80. The standard InChI is InChI=1S/C18H13ClF2N4O2S/c1-11-13(6-5-12-9-22-18(21)23-10-12)7-8-16(24-11)25-28(26,27)15-4-2-3-14(20)17(15)19/h2-10H,1H3,(H,24,25)/b6-5+. The topological polar surface area (TPSA) is 84.8 Å². The van der Waals surface area contributed by atoms with Crippen molar-refractivity contribution in [2.45, 2.75) is 11.8 Å². The summed E-state index contributed by atoms with van der Waals surface area (Å²) in [6, 6.07) is 6.62. The minimum Gasteiger partial charge on any atom is -0.263 e. The van der Waals surface area contributed by atoms with E-state index >= 15 is 0 Å². The number of nitrogens with zero attached hydrogens (tertiary/aromatic N) is 3. The number of anilines is 1. The van der Waals surface area contributed by atoms with Crippen LogP contribution in [-0.2, 0) is 10.0 Å². The smallest absolute Gasteiger partial charge is 0.263 e. The van der Waals surface area contributed by atoms with Gasteiger partial charge in [0.2, 0.25) is 0 Å². The summed E-state index contributed by atoms with van der Waals surface area (Å²) < 4.78 is 53.4. The maximum atomic E-state index is 13.5. The van der Waals surface area contributed by atoms with E-state index in [1.807, 2.05) is 0 Å². The van der Waals surface area contributed by atoms with Crippen LogP contribution in [-0.4, -0.2) is 23.4 Å². The summed E-state index contributed by atoms with van der Waals surface area (Å²) in [5.74, 6) is -0.779. The number of hydrogen-bond acceptors (Lipinski definition) is 5. The Morgan fingerprint density at radius 1 is 1.07 bits per heavy atom. The van der Waals surface area contributed by atoms with E-state index in [0.717, 1.165) is 6.07 Å². The predicted molar refractivity (Wildman–Crippen MR) is 102 cm³/mol. The maximum absolute atomic E-state index is 13.5. The van der Waals surface area contributed by atoms with Crippen molar-refractivity contribution in [3.63, 3.8) is 0 Å². The second kappa shape index (κ2) is 7.99. The summed E-state index contributed by atoms with van der Waals surface area (Å²) in [7, 11) is -4.11. The molecule has 0 saturated carbocycles. The van der Waals surface area contributed by atoms with Gasteiger partial charge in [-0.25, -0.2) is 27.8 Å². The molecule has 0 aliphatic rings. The number of aryl methyl sites for hydroxylation is 1. The van der Waals surface area contributed by atoms with E-state index in [2.05, 4.69) is 19.7 Å². The third kappa shape index (κ3) is 4.49. The van der Waals surface area contributed by atoms with Crippen LogP contribution in [0.5, 0.6) is 0 Å². The monoisotopic (exact) mass is 422 g/mol. The first-order chi connectivity index (χ1) is 13.3. The zero-order valence-corrected chi connectivity index (χ0v) is 16.0. The fourth-order valence-electron chi connectivity index (χ4n) is 2.28. The van der Waals surface area contributed by atoms with Crippen molar-refractivity contribution >= 4 is 39.6 Å². The molecule has 0 unspecified atom stereocenters. The first-order valence-corrected chi connectivity index (χ1v) is 9.72. The zero-order valence-electron chi connectivity index (χ0n) is 14.4. The van der Waals surface area contributed by atoms with Crippen LogP contribution in [0.1, 0.15) is 16.8 Å². The van der Waals surface area contributed by atoms with Gasteiger partial charge < -0.3 is 0 Å². The first kappa shape index (κ1) is 19.8. The Morgan fingerprint density at radius 2 is 1.79 bits per heavy atom. The van der Waals surface area contributed by atoms with Gasteiger partial charge in [0.15, 0.2) is 0 Å². The molecule has 0 bridgehead atoms. The number of pyridine rings is 1. The van der Waals surface area contributed by atoms with E-state index in [4.69, 9.17) is 11.6 Å². The van der Waals surface area contributed by atoms with E-state index in [1.54, 1.807) is 25.1 Å². The zero-order chi connectivity index (χ0) is 20.3. The number of aromatic nitrogens is 3. The molecule has 0 amide bonds. The molecule has 1 N–H and O–H groups in total. The highest BCUT2D eigenvalue weighted by atomic mass is 35.5. The molecule has 0 fully saturated rings. The maximum Gasteiger partial charge on any atom is 0.308 e. The summed E-state index contributed by atoms with van der Waals surface area (Å²) in [6.07, 6.45) is 5.21. The van der Waals surface area contributed by atoms with Crippen molar-refractivity contribution in [3.8, 4) is 0 Å². The molecule has 0 atom stereocenters. The van der Waals surface area contributed by atoms with Crippen LogP contribution in [0.3, 0.4) is 0 Å². The molecule has 3 aromatic rings. The average Bonchev–Trinajstić information content (AvgIpc) is 2.64. The lowest BCUT2D eigenvalue weighted by Crippen LogP contribution is -2.15. The average molecular weight is 423 g/mol. The third-order valence-corrected chi connectivity index (χ3v) is 5.56. The Balaban J connectivity index is 1.82. The Hall–Kier alpha value is -2.91. The van der Waals surface area contributed by atoms with E-state index in [9.17, 15) is 17.2 Å². The highest BCUT2D eigenvalue weighted by molar-refractivity contribution is 7.92. The predicted octanol–water partition coefficient (Wildman–Crippen LogP) is 4.08. The largest absolute Gasteiger partial charge is 0.308 e. The van der Waals surface area contributed by atoms with Gasteiger partial charge in [-0.15, -0.1) is 0 Å². The third-order valence-electron chi connectivity index (χ3n) is 3.67. The van der Waals surface area contributed by atoms with Crippen LogP contribution in [0.2, 0.25) is 5.02 Å². The fraction of sp³-hybridized carbons (Fsp3) is 0.0556. The van der Waals surface area contributed by atoms with Crippen molar-refractivity contribution in [1.82, 2.24) is 15.0 Å². The summed E-state index contributed by atoms with van der Waals surface area (Å²) in [4.78, 5) is 10.7. The number of nitrogens with one attached hydrogen (secondary N) is 1. The summed E-state index contributed by atoms with van der Waals surface area (Å²) in [5, 5.41) is -0.493. The Labute approximate surface area is 165 Å². The molecule has 2 heterocycles. The van der Waals surface area contributed by atoms with Gasteiger partial charge in [0.1, 0.15) is 16.5 Å². The van der Waals surface area contributed by atoms with Gasteiger partial charge in [-0.2, -0.15) is 4.39 Å². The highest BCUT2D eigenvalue weighted by Crippen LogP contribution is 2.26. The summed E-state index contributed by atoms with van der Waals surface area (Å²) in [5.41, 5.74) is 1.83. The molecule has 144 valence electrons. The molecule has 0 saturated heterocycles. The SMILES string of the molecule is Cc1nc(NS(=O)(=O)c2cccc(F)c2Cl)ccc1/C=C/c1cnc(F)nc1. The quantitative estimate of drug-likeness (QED) is 0.626. The van der Waals surface area contributed by atoms with Gasteiger partial charge in [0, 0.05) is 23.7 Å². The molecule has 10 heteroatoms. The number of hydrogen-bond donors (Lipinski definition) is 1. The molecule has 0 aliphatic carbocycles. The molecular formula is C18H13ClF2N4O2S. The van der Waals surface area contributed by atoms with Crippen LogP contribution in [0, 0.1) is 18.8 Å². The Morgan fingerprint density at radius 3 is 2.46 bits per heavy atom. The van der Waals surface area contributed by atoms with E-state index in [1.165, 1.54) is 30.6 Å². The number of halogens is 3. The second-order valence-corrected chi connectivity index (χ2v) is 7.68. The van der Waals surface area contributed by atoms with E-state index < -0.39 is 26.9 Å². The highest BCUT2D eigenvalue weighted by Gasteiger charge is 2.20. The lowest BCUT2D eigenvalue weighted by molar-refractivity contribution is 0.538. The first-order valence-electron chi connectivity index (χ1n) is 7.86. The molecule has 0 aliphatic heterocycles. The number of benzene rings is 1. The molecule has 28 heavy (non-hydrogen) atoms. The molecule has 6 nitrogen and oxygen atoms in total. The molecule has 0 radical (unpaired) electrons. The normalized spacial score (nSPS) is 11.7. The van der Waals surface area contributed by atoms with Crippen molar-refractivity contribution < 1.29 is 17.2 Å². The minimum atomic E-state index is -4.11. The van der Waals surface area contributed by atoms with Gasteiger partial charge in [-0.1, -0.05) is 29.8 Å². The minimum absolute atomic E-state index is 0.0556. The van der Waals surface area contributed by atoms with E-state index in [-0.39, 0.29) is 10.7 Å². The number of rotatable bonds is 5. The van der Waals surface area contributed by atoms with Crippen LogP contribution in [0.15, 0.2) is 47.6 Å². The van der Waals surface area contributed by atoms with Crippen molar-refractivity contribution in [1.29, 1.82) is 0 Å². The Kier molecular flexibility index (Phi) is 5.66. The van der Waals surface area contributed by atoms with Gasteiger partial charge in [0.25, 0.3) is 10.0 Å². The molecule has 0 spiro atoms. The summed E-state index contributed by atoms with van der Waals surface area (Å²) in [6.45, 7) is 1.69. The van der Waals surface area contributed by atoms with Crippen molar-refractivity contribution in [2.24, 2.45) is 0 Å². The van der Waals surface area contributed by atoms with Crippen LogP contribution in [0.25, 0.3) is 12.2 Å². The lowest BCUT2D eigenvalue weighted by atomic mass is 10.1. The van der Waals surface area contributed by atoms with Crippen LogP contribution < -0.4 is 4.72 Å². The Bertz CT molecular complexity index is 1150.